The van der Waals surface area contributed by atoms with E-state index in [2.05, 4.69) is 93.9 Å². The zero-order chi connectivity index (χ0) is 29.1. The zero-order valence-electron chi connectivity index (χ0n) is 25.9. The number of fused-ring (bicyclic) bond motifs is 2. The summed E-state index contributed by atoms with van der Waals surface area (Å²) in [7, 11) is 1.70. The zero-order valence-corrected chi connectivity index (χ0v) is 25.9. The number of hydrogen-bond acceptors (Lipinski definition) is 5. The number of methoxy groups -OCH3 is 1. The Morgan fingerprint density at radius 1 is 0.976 bits per heavy atom. The molecule has 6 heteroatoms. The molecule has 42 heavy (non-hydrogen) atoms. The second-order valence-electron chi connectivity index (χ2n) is 11.5. The smallest absolute Gasteiger partial charge is 0.213 e. The fourth-order valence-electron chi connectivity index (χ4n) is 6.29. The molecule has 0 N–H and O–H groups in total. The number of aryl methyl sites for hydroxylation is 1. The van der Waals surface area contributed by atoms with Gasteiger partial charge >= 0.3 is 0 Å². The second-order valence-corrected chi connectivity index (χ2v) is 11.5. The van der Waals surface area contributed by atoms with Gasteiger partial charge < -0.3 is 24.2 Å². The maximum Gasteiger partial charge on any atom is 0.213 e. The van der Waals surface area contributed by atoms with Crippen LogP contribution in [-0.4, -0.2) is 62.7 Å². The lowest BCUT2D eigenvalue weighted by molar-refractivity contribution is -0.671. The summed E-state index contributed by atoms with van der Waals surface area (Å²) in [5.74, 6) is 2.55. The van der Waals surface area contributed by atoms with E-state index in [-0.39, 0.29) is 0 Å². The van der Waals surface area contributed by atoms with E-state index in [1.54, 1.807) is 7.11 Å². The van der Waals surface area contributed by atoms with E-state index in [9.17, 15) is 0 Å². The van der Waals surface area contributed by atoms with Crippen molar-refractivity contribution in [1.82, 2.24) is 9.80 Å². The number of para-hydroxylation sites is 1. The molecule has 0 aliphatic carbocycles. The lowest BCUT2D eigenvalue weighted by Crippen LogP contribution is -2.36. The van der Waals surface area contributed by atoms with E-state index in [1.807, 2.05) is 12.1 Å². The van der Waals surface area contributed by atoms with Crippen LogP contribution in [-0.2, 0) is 6.54 Å². The molecule has 0 saturated carbocycles. The normalized spacial score (nSPS) is 16.6. The first-order valence-electron chi connectivity index (χ1n) is 16.1. The average Bonchev–Trinajstić information content (AvgIpc) is 3.38. The van der Waals surface area contributed by atoms with Crippen LogP contribution in [0, 0.1) is 0 Å². The summed E-state index contributed by atoms with van der Waals surface area (Å²) in [5, 5.41) is 1.27. The Morgan fingerprint density at radius 2 is 1.83 bits per heavy atom. The largest absolute Gasteiger partial charge is 0.497 e. The predicted molar refractivity (Wildman–Crippen MR) is 174 cm³/mol. The Morgan fingerprint density at radius 3 is 2.64 bits per heavy atom. The van der Waals surface area contributed by atoms with Gasteiger partial charge in [-0.15, -0.1) is 0 Å². The number of pyridine rings is 1. The quantitative estimate of drug-likeness (QED) is 0.198. The summed E-state index contributed by atoms with van der Waals surface area (Å²) in [6.07, 6.45) is 16.2. The number of rotatable bonds is 14. The first-order valence-corrected chi connectivity index (χ1v) is 16.1. The molecule has 3 aromatic rings. The molecular weight excluding hydrogens is 520 g/mol. The first kappa shape index (κ1) is 30.1. The lowest BCUT2D eigenvalue weighted by Gasteiger charge is -2.27. The number of benzene rings is 2. The average molecular weight is 570 g/mol. The molecule has 0 amide bonds. The van der Waals surface area contributed by atoms with Gasteiger partial charge in [0.15, 0.2) is 11.9 Å². The van der Waals surface area contributed by atoms with Crippen molar-refractivity contribution in [1.29, 1.82) is 0 Å². The fourth-order valence-corrected chi connectivity index (χ4v) is 6.29. The van der Waals surface area contributed by atoms with Crippen molar-refractivity contribution in [2.45, 2.75) is 58.9 Å². The minimum atomic E-state index is 0.815. The molecule has 3 heterocycles. The van der Waals surface area contributed by atoms with Crippen molar-refractivity contribution in [2.75, 3.05) is 57.8 Å². The van der Waals surface area contributed by atoms with Crippen molar-refractivity contribution in [3.63, 3.8) is 0 Å². The van der Waals surface area contributed by atoms with Gasteiger partial charge in [-0.25, -0.2) is 0 Å². The lowest BCUT2D eigenvalue weighted by atomic mass is 10.1. The number of allylic oxidation sites excluding steroid dienone is 2. The van der Waals surface area contributed by atoms with Crippen LogP contribution in [0.25, 0.3) is 17.0 Å². The third-order valence-corrected chi connectivity index (χ3v) is 8.58. The molecule has 2 aliphatic heterocycles. The van der Waals surface area contributed by atoms with Gasteiger partial charge in [0, 0.05) is 37.7 Å². The van der Waals surface area contributed by atoms with Crippen molar-refractivity contribution < 1.29 is 14.0 Å². The van der Waals surface area contributed by atoms with Gasteiger partial charge in [0.25, 0.3) is 0 Å². The van der Waals surface area contributed by atoms with Crippen molar-refractivity contribution in [3.8, 4) is 11.5 Å². The van der Waals surface area contributed by atoms with Crippen LogP contribution in [0.4, 0.5) is 5.69 Å². The van der Waals surface area contributed by atoms with Crippen LogP contribution in [0.15, 0.2) is 72.8 Å². The molecule has 0 bridgehead atoms. The minimum Gasteiger partial charge on any atom is -0.497 e. The number of hydrogen-bond donors (Lipinski definition) is 0. The topological polar surface area (TPSA) is 32.1 Å². The molecule has 0 atom stereocenters. The van der Waals surface area contributed by atoms with Gasteiger partial charge in [0.05, 0.1) is 18.2 Å². The number of piperidine rings is 1. The maximum atomic E-state index is 6.37. The minimum absolute atomic E-state index is 0.815. The summed E-state index contributed by atoms with van der Waals surface area (Å²) in [6.45, 7) is 13.5. The van der Waals surface area contributed by atoms with Crippen LogP contribution in [0.5, 0.6) is 11.5 Å². The van der Waals surface area contributed by atoms with Crippen molar-refractivity contribution in [3.05, 3.63) is 78.3 Å². The van der Waals surface area contributed by atoms with E-state index < -0.39 is 0 Å². The third-order valence-electron chi connectivity index (χ3n) is 8.58. The van der Waals surface area contributed by atoms with E-state index in [1.165, 1.54) is 61.8 Å². The summed E-state index contributed by atoms with van der Waals surface area (Å²) in [4.78, 5) is 7.47. The molecule has 5 rings (SSSR count). The van der Waals surface area contributed by atoms with E-state index in [0.717, 1.165) is 68.6 Å². The van der Waals surface area contributed by atoms with Crippen molar-refractivity contribution >= 4 is 22.7 Å². The maximum absolute atomic E-state index is 6.37. The highest BCUT2D eigenvalue weighted by atomic mass is 16.5. The van der Waals surface area contributed by atoms with Gasteiger partial charge in [-0.1, -0.05) is 44.6 Å². The van der Waals surface area contributed by atoms with Gasteiger partial charge in [-0.3, -0.25) is 0 Å². The van der Waals surface area contributed by atoms with Gasteiger partial charge in [-0.2, -0.15) is 4.57 Å². The van der Waals surface area contributed by atoms with Crippen LogP contribution < -0.4 is 18.9 Å². The first-order chi connectivity index (χ1) is 20.7. The monoisotopic (exact) mass is 569 g/mol. The molecule has 0 radical (unpaired) electrons. The van der Waals surface area contributed by atoms with E-state index in [0.29, 0.717) is 0 Å². The predicted octanol–water partition coefficient (Wildman–Crippen LogP) is 6.89. The third kappa shape index (κ3) is 7.53. The Balaban J connectivity index is 1.30. The van der Waals surface area contributed by atoms with E-state index in [4.69, 9.17) is 9.47 Å². The number of nitrogens with zero attached hydrogens (tertiary/aromatic N) is 4. The molecule has 0 unspecified atom stereocenters. The number of likely N-dealkylation sites (tertiary alicyclic amines) is 1. The Kier molecular flexibility index (Phi) is 10.9. The molecule has 1 saturated heterocycles. The van der Waals surface area contributed by atoms with Gasteiger partial charge in [0.1, 0.15) is 12.3 Å². The summed E-state index contributed by atoms with van der Waals surface area (Å²) < 4.78 is 14.2. The summed E-state index contributed by atoms with van der Waals surface area (Å²) in [6, 6.07) is 17.1. The van der Waals surface area contributed by atoms with E-state index >= 15 is 0 Å². The van der Waals surface area contributed by atoms with Crippen LogP contribution in [0.2, 0.25) is 0 Å². The van der Waals surface area contributed by atoms with Gasteiger partial charge in [-0.05, 0) is 88.2 Å². The summed E-state index contributed by atoms with van der Waals surface area (Å²) >= 11 is 0. The highest BCUT2D eigenvalue weighted by Gasteiger charge is 2.26. The Hall–Kier alpha value is -3.35. The standard InChI is InChI=1S/C36H49N4O2/c1-4-21-37(5-2)24-12-26-39-28-20-30(32-15-7-8-16-33(32)39)14-11-17-36-40(27-13-25-38-22-9-6-10-23-38)34-19-18-31(41-3)29-35(34)42-36/h7-8,11,14-20,28-29H,4-6,9-10,12-13,21-27H2,1-3H3/q+1. The molecular formula is C36H49N4O2+. The molecule has 1 fully saturated rings. The summed E-state index contributed by atoms with van der Waals surface area (Å²) in [5.41, 5.74) is 3.61. The number of ether oxygens (including phenoxy) is 2. The molecule has 1 aromatic heterocycles. The SMILES string of the molecule is CCCN(CC)CCC[n+]1ccc(/C=C/C=C2\Oc3cc(OC)ccc3N2CCCN2CCCCC2)c2ccccc21. The molecule has 0 spiro atoms. The van der Waals surface area contributed by atoms with Crippen LogP contribution in [0.3, 0.4) is 0 Å². The van der Waals surface area contributed by atoms with Gasteiger partial charge in [0.2, 0.25) is 11.4 Å². The van der Waals surface area contributed by atoms with Crippen molar-refractivity contribution in [2.24, 2.45) is 0 Å². The Bertz CT molecular complexity index is 1360. The molecule has 2 aliphatic rings. The molecule has 2 aromatic carbocycles. The van der Waals surface area contributed by atoms with Crippen LogP contribution >= 0.6 is 0 Å². The highest BCUT2D eigenvalue weighted by Crippen LogP contribution is 2.41. The number of aromatic nitrogens is 1. The molecule has 6 nitrogen and oxygen atoms in total. The number of anilines is 1. The van der Waals surface area contributed by atoms with Crippen LogP contribution in [0.1, 0.15) is 57.9 Å². The Labute approximate surface area is 252 Å². The fraction of sp³-hybridized carbons (Fsp3) is 0.472. The molecule has 224 valence electrons. The highest BCUT2D eigenvalue weighted by molar-refractivity contribution is 5.85. The second kappa shape index (κ2) is 15.2.